The third kappa shape index (κ3) is 5.38. The number of hydrogen-bond donors (Lipinski definition) is 0. The van der Waals surface area contributed by atoms with Crippen molar-refractivity contribution in [2.45, 2.75) is 78.2 Å². The van der Waals surface area contributed by atoms with E-state index in [0.29, 0.717) is 5.92 Å². The van der Waals surface area contributed by atoms with Gasteiger partial charge in [-0.05, 0) is 25.7 Å². The summed E-state index contributed by atoms with van der Waals surface area (Å²) in [5.74, 6) is 0.324. The van der Waals surface area contributed by atoms with Gasteiger partial charge in [0.1, 0.15) is 6.10 Å². The fourth-order valence-electron chi connectivity index (χ4n) is 2.72. The van der Waals surface area contributed by atoms with Crippen molar-refractivity contribution in [3.05, 3.63) is 12.2 Å². The monoisotopic (exact) mass is 266 g/mol. The van der Waals surface area contributed by atoms with Crippen LogP contribution in [-0.4, -0.2) is 12.1 Å². The normalized spacial score (nSPS) is 27.1. The van der Waals surface area contributed by atoms with Crippen LogP contribution in [0.5, 0.6) is 0 Å². The van der Waals surface area contributed by atoms with Crippen LogP contribution >= 0.6 is 0 Å². The molecule has 1 fully saturated rings. The van der Waals surface area contributed by atoms with Crippen molar-refractivity contribution in [2.75, 3.05) is 0 Å². The average Bonchev–Trinajstić information content (AvgIpc) is 2.66. The minimum absolute atomic E-state index is 0.00953. The Bertz CT molecular complexity index is 283. The summed E-state index contributed by atoms with van der Waals surface area (Å²) in [4.78, 5) is 11.7. The third-order valence-corrected chi connectivity index (χ3v) is 4.07. The van der Waals surface area contributed by atoms with Crippen LogP contribution in [0, 0.1) is 11.8 Å². The molecular formula is C17H30O2. The minimum Gasteiger partial charge on any atom is -0.461 e. The van der Waals surface area contributed by atoms with Gasteiger partial charge in [0, 0.05) is 5.92 Å². The Morgan fingerprint density at radius 2 is 1.79 bits per heavy atom. The van der Waals surface area contributed by atoms with Gasteiger partial charge in [-0.2, -0.15) is 0 Å². The number of carbonyl (C=O) groups excluding carboxylic acids is 1. The Balaban J connectivity index is 2.42. The van der Waals surface area contributed by atoms with Gasteiger partial charge in [0.15, 0.2) is 0 Å². The summed E-state index contributed by atoms with van der Waals surface area (Å²) < 4.78 is 5.52. The van der Waals surface area contributed by atoms with Crippen molar-refractivity contribution in [1.82, 2.24) is 0 Å². The van der Waals surface area contributed by atoms with Crippen LogP contribution in [0.25, 0.3) is 0 Å². The van der Waals surface area contributed by atoms with Gasteiger partial charge in [0.25, 0.3) is 0 Å². The highest BCUT2D eigenvalue weighted by Gasteiger charge is 2.39. The molecule has 0 bridgehead atoms. The number of allylic oxidation sites excluding steroid dienone is 1. The van der Waals surface area contributed by atoms with E-state index in [1.54, 1.807) is 0 Å². The van der Waals surface area contributed by atoms with Crippen LogP contribution in [0.15, 0.2) is 12.2 Å². The molecule has 1 heterocycles. The predicted molar refractivity (Wildman–Crippen MR) is 80.0 cm³/mol. The molecule has 2 heteroatoms. The van der Waals surface area contributed by atoms with E-state index in [1.807, 2.05) is 6.92 Å². The lowest BCUT2D eigenvalue weighted by atomic mass is 9.88. The van der Waals surface area contributed by atoms with Crippen LogP contribution in [0.3, 0.4) is 0 Å². The van der Waals surface area contributed by atoms with Crippen LogP contribution in [-0.2, 0) is 9.53 Å². The van der Waals surface area contributed by atoms with Gasteiger partial charge in [-0.25, -0.2) is 0 Å². The standard InChI is InChI=1S/C17H30O2/c1-4-6-8-9-11-12-15-14(3)17(18)19-16(15)13-10-7-5-2/h11-12,14-16H,4-10,13H2,1-3H3/b12-11+/t14-,15-,16+/m1/s1. The van der Waals surface area contributed by atoms with Crippen molar-refractivity contribution in [3.63, 3.8) is 0 Å². The molecule has 1 aliphatic rings. The van der Waals surface area contributed by atoms with E-state index in [0.717, 1.165) is 12.8 Å². The quantitative estimate of drug-likeness (QED) is 0.338. The van der Waals surface area contributed by atoms with Crippen LogP contribution < -0.4 is 0 Å². The van der Waals surface area contributed by atoms with E-state index in [1.165, 1.54) is 38.5 Å². The first-order valence-electron chi connectivity index (χ1n) is 8.07. The molecule has 0 saturated carbocycles. The topological polar surface area (TPSA) is 26.3 Å². The lowest BCUT2D eigenvalue weighted by Gasteiger charge is -2.15. The molecule has 0 unspecified atom stereocenters. The van der Waals surface area contributed by atoms with Crippen molar-refractivity contribution in [3.8, 4) is 0 Å². The van der Waals surface area contributed by atoms with E-state index in [-0.39, 0.29) is 18.0 Å². The van der Waals surface area contributed by atoms with E-state index in [2.05, 4.69) is 26.0 Å². The summed E-state index contributed by atoms with van der Waals surface area (Å²) in [6.45, 7) is 6.43. The summed E-state index contributed by atoms with van der Waals surface area (Å²) in [5.41, 5.74) is 0. The van der Waals surface area contributed by atoms with Gasteiger partial charge in [-0.3, -0.25) is 4.79 Å². The number of esters is 1. The number of rotatable bonds is 9. The fourth-order valence-corrected chi connectivity index (χ4v) is 2.72. The molecule has 0 N–H and O–H groups in total. The Kier molecular flexibility index (Phi) is 7.85. The summed E-state index contributed by atoms with van der Waals surface area (Å²) in [7, 11) is 0. The van der Waals surface area contributed by atoms with Crippen LogP contribution in [0.2, 0.25) is 0 Å². The maximum absolute atomic E-state index is 11.7. The smallest absolute Gasteiger partial charge is 0.309 e. The maximum Gasteiger partial charge on any atom is 0.309 e. The second-order valence-corrected chi connectivity index (χ2v) is 5.76. The first-order valence-corrected chi connectivity index (χ1v) is 8.07. The second kappa shape index (κ2) is 9.17. The maximum atomic E-state index is 11.7. The number of cyclic esters (lactones) is 1. The molecule has 110 valence electrons. The first-order chi connectivity index (χ1) is 9.20. The Labute approximate surface area is 118 Å². The fraction of sp³-hybridized carbons (Fsp3) is 0.824. The van der Waals surface area contributed by atoms with Crippen molar-refractivity contribution in [1.29, 1.82) is 0 Å². The molecule has 3 atom stereocenters. The van der Waals surface area contributed by atoms with E-state index in [4.69, 9.17) is 4.74 Å². The summed E-state index contributed by atoms with van der Waals surface area (Å²) >= 11 is 0. The third-order valence-electron chi connectivity index (χ3n) is 4.07. The highest BCUT2D eigenvalue weighted by molar-refractivity contribution is 5.75. The van der Waals surface area contributed by atoms with Gasteiger partial charge < -0.3 is 4.74 Å². The average molecular weight is 266 g/mol. The van der Waals surface area contributed by atoms with E-state index >= 15 is 0 Å². The van der Waals surface area contributed by atoms with Gasteiger partial charge in [0.2, 0.25) is 0 Å². The molecule has 1 rings (SSSR count). The largest absolute Gasteiger partial charge is 0.461 e. The SMILES string of the molecule is CCCCC/C=C/[C@H]1[C@H](CCCCC)OC(=O)[C@@H]1C. The lowest BCUT2D eigenvalue weighted by Crippen LogP contribution is -2.17. The molecular weight excluding hydrogens is 236 g/mol. The number of hydrogen-bond acceptors (Lipinski definition) is 2. The van der Waals surface area contributed by atoms with Crippen molar-refractivity contribution in [2.24, 2.45) is 11.8 Å². The van der Waals surface area contributed by atoms with Gasteiger partial charge in [-0.1, -0.05) is 58.6 Å². The molecule has 0 aromatic heterocycles. The second-order valence-electron chi connectivity index (χ2n) is 5.76. The lowest BCUT2D eigenvalue weighted by molar-refractivity contribution is -0.144. The van der Waals surface area contributed by atoms with Gasteiger partial charge >= 0.3 is 5.97 Å². The molecule has 0 aliphatic carbocycles. The van der Waals surface area contributed by atoms with Gasteiger partial charge in [0.05, 0.1) is 5.92 Å². The molecule has 19 heavy (non-hydrogen) atoms. The first kappa shape index (κ1) is 16.3. The summed E-state index contributed by atoms with van der Waals surface area (Å²) in [6, 6.07) is 0. The van der Waals surface area contributed by atoms with E-state index in [9.17, 15) is 4.79 Å². The van der Waals surface area contributed by atoms with Crippen molar-refractivity contribution < 1.29 is 9.53 Å². The highest BCUT2D eigenvalue weighted by Crippen LogP contribution is 2.32. The molecule has 0 amide bonds. The van der Waals surface area contributed by atoms with E-state index < -0.39 is 0 Å². The highest BCUT2D eigenvalue weighted by atomic mass is 16.6. The Hall–Kier alpha value is -0.790. The zero-order valence-electron chi connectivity index (χ0n) is 12.9. The van der Waals surface area contributed by atoms with Gasteiger partial charge in [-0.15, -0.1) is 0 Å². The molecule has 0 aromatic carbocycles. The minimum atomic E-state index is -0.00953. The summed E-state index contributed by atoms with van der Waals surface area (Å²) in [5, 5.41) is 0. The van der Waals surface area contributed by atoms with Crippen molar-refractivity contribution >= 4 is 5.97 Å². The molecule has 1 saturated heterocycles. The molecule has 0 aromatic rings. The summed E-state index contributed by atoms with van der Waals surface area (Å²) in [6.07, 6.45) is 14.2. The molecule has 0 radical (unpaired) electrons. The zero-order valence-corrected chi connectivity index (χ0v) is 12.9. The molecule has 0 spiro atoms. The number of ether oxygens (including phenoxy) is 1. The Morgan fingerprint density at radius 1 is 1.11 bits per heavy atom. The number of carbonyl (C=O) groups is 1. The Morgan fingerprint density at radius 3 is 2.47 bits per heavy atom. The van der Waals surface area contributed by atoms with Crippen LogP contribution in [0.1, 0.15) is 72.1 Å². The van der Waals surface area contributed by atoms with Crippen LogP contribution in [0.4, 0.5) is 0 Å². The molecule has 1 aliphatic heterocycles. The molecule has 2 nitrogen and oxygen atoms in total. The number of unbranched alkanes of at least 4 members (excludes halogenated alkanes) is 5. The predicted octanol–water partition coefficient (Wildman–Crippen LogP) is 4.88. The zero-order chi connectivity index (χ0) is 14.1.